The standard InChI is InChI=1S/C16H24N4O2/c1-4-19-7-9-20(10-8-19)16(22)13-5-6-17-14(11-13)15(21)18-12(2)3/h5-6,11-12H,4,7-10H2,1-3H3,(H,18,21). The average Bonchev–Trinajstić information content (AvgIpc) is 2.54. The van der Waals surface area contributed by atoms with Gasteiger partial charge in [0.05, 0.1) is 0 Å². The van der Waals surface area contributed by atoms with Crippen molar-refractivity contribution in [3.8, 4) is 0 Å². The Hall–Kier alpha value is -1.95. The van der Waals surface area contributed by atoms with Gasteiger partial charge in [-0.25, -0.2) is 0 Å². The molecular formula is C16H24N4O2. The molecule has 1 saturated heterocycles. The van der Waals surface area contributed by atoms with Crippen molar-refractivity contribution in [2.75, 3.05) is 32.7 Å². The third kappa shape index (κ3) is 4.04. The number of carbonyl (C=O) groups is 2. The van der Waals surface area contributed by atoms with Gasteiger partial charge in [-0.1, -0.05) is 6.92 Å². The lowest BCUT2D eigenvalue weighted by atomic mass is 10.1. The van der Waals surface area contributed by atoms with Gasteiger partial charge < -0.3 is 15.1 Å². The molecule has 0 saturated carbocycles. The Labute approximate surface area is 131 Å². The van der Waals surface area contributed by atoms with E-state index in [1.165, 1.54) is 6.20 Å². The molecule has 2 amide bonds. The van der Waals surface area contributed by atoms with E-state index in [2.05, 4.69) is 22.1 Å². The van der Waals surface area contributed by atoms with Gasteiger partial charge >= 0.3 is 0 Å². The van der Waals surface area contributed by atoms with Crippen LogP contribution in [0, 0.1) is 0 Å². The molecule has 1 aromatic rings. The van der Waals surface area contributed by atoms with Crippen LogP contribution < -0.4 is 5.32 Å². The van der Waals surface area contributed by atoms with Gasteiger partial charge in [0.25, 0.3) is 11.8 Å². The number of nitrogens with zero attached hydrogens (tertiary/aromatic N) is 3. The highest BCUT2D eigenvalue weighted by Gasteiger charge is 2.22. The lowest BCUT2D eigenvalue weighted by Crippen LogP contribution is -2.48. The molecule has 120 valence electrons. The molecule has 1 aromatic heterocycles. The zero-order chi connectivity index (χ0) is 16.1. The first-order chi connectivity index (χ1) is 10.5. The molecule has 6 heteroatoms. The Morgan fingerprint density at radius 2 is 1.95 bits per heavy atom. The SMILES string of the molecule is CCN1CCN(C(=O)c2ccnc(C(=O)NC(C)C)c2)CC1. The van der Waals surface area contributed by atoms with Crippen LogP contribution in [0.4, 0.5) is 0 Å². The van der Waals surface area contributed by atoms with Crippen LogP contribution in [-0.4, -0.2) is 65.4 Å². The maximum absolute atomic E-state index is 12.5. The number of aromatic nitrogens is 1. The van der Waals surface area contributed by atoms with Crippen molar-refractivity contribution in [3.63, 3.8) is 0 Å². The molecule has 0 aliphatic carbocycles. The fourth-order valence-corrected chi connectivity index (χ4v) is 2.47. The number of amides is 2. The van der Waals surface area contributed by atoms with Gasteiger partial charge in [-0.3, -0.25) is 14.6 Å². The molecule has 1 fully saturated rings. The number of carbonyl (C=O) groups excluding carboxylic acids is 2. The van der Waals surface area contributed by atoms with Crippen LogP contribution in [0.25, 0.3) is 0 Å². The van der Waals surface area contributed by atoms with Crippen molar-refractivity contribution in [3.05, 3.63) is 29.6 Å². The van der Waals surface area contributed by atoms with Crippen molar-refractivity contribution in [2.24, 2.45) is 0 Å². The van der Waals surface area contributed by atoms with Crippen molar-refractivity contribution < 1.29 is 9.59 Å². The van der Waals surface area contributed by atoms with Crippen LogP contribution in [0.3, 0.4) is 0 Å². The number of hydrogen-bond acceptors (Lipinski definition) is 4. The Morgan fingerprint density at radius 3 is 2.55 bits per heavy atom. The van der Waals surface area contributed by atoms with E-state index in [-0.39, 0.29) is 23.6 Å². The van der Waals surface area contributed by atoms with Crippen molar-refractivity contribution in [1.82, 2.24) is 20.1 Å². The Bertz CT molecular complexity index is 537. The van der Waals surface area contributed by atoms with Crippen LogP contribution in [0.2, 0.25) is 0 Å². The monoisotopic (exact) mass is 304 g/mol. The van der Waals surface area contributed by atoms with Crippen LogP contribution in [0.15, 0.2) is 18.3 Å². The highest BCUT2D eigenvalue weighted by molar-refractivity contribution is 5.98. The summed E-state index contributed by atoms with van der Waals surface area (Å²) < 4.78 is 0. The topological polar surface area (TPSA) is 65.5 Å². The smallest absolute Gasteiger partial charge is 0.270 e. The first-order valence-electron chi connectivity index (χ1n) is 7.79. The molecule has 1 N–H and O–H groups in total. The Balaban J connectivity index is 2.06. The summed E-state index contributed by atoms with van der Waals surface area (Å²) in [7, 11) is 0. The second-order valence-corrected chi connectivity index (χ2v) is 5.78. The zero-order valence-corrected chi connectivity index (χ0v) is 13.5. The summed E-state index contributed by atoms with van der Waals surface area (Å²) >= 11 is 0. The normalized spacial score (nSPS) is 15.9. The van der Waals surface area contributed by atoms with Crippen molar-refractivity contribution in [1.29, 1.82) is 0 Å². The van der Waals surface area contributed by atoms with Gasteiger partial charge in [0, 0.05) is 44.0 Å². The largest absolute Gasteiger partial charge is 0.349 e. The zero-order valence-electron chi connectivity index (χ0n) is 13.5. The van der Waals surface area contributed by atoms with E-state index in [1.807, 2.05) is 18.7 Å². The van der Waals surface area contributed by atoms with E-state index >= 15 is 0 Å². The number of rotatable bonds is 4. The number of nitrogens with one attached hydrogen (secondary N) is 1. The molecule has 0 bridgehead atoms. The summed E-state index contributed by atoms with van der Waals surface area (Å²) in [5.74, 6) is -0.280. The maximum atomic E-state index is 12.5. The minimum atomic E-state index is -0.250. The molecular weight excluding hydrogens is 280 g/mol. The highest BCUT2D eigenvalue weighted by Crippen LogP contribution is 2.10. The van der Waals surface area contributed by atoms with Crippen LogP contribution >= 0.6 is 0 Å². The number of piperazine rings is 1. The van der Waals surface area contributed by atoms with Gasteiger partial charge in [-0.15, -0.1) is 0 Å². The average molecular weight is 304 g/mol. The fraction of sp³-hybridized carbons (Fsp3) is 0.562. The van der Waals surface area contributed by atoms with Crippen LogP contribution in [0.5, 0.6) is 0 Å². The molecule has 1 aliphatic heterocycles. The van der Waals surface area contributed by atoms with Crippen LogP contribution in [0.1, 0.15) is 41.6 Å². The minimum absolute atomic E-state index is 0.0308. The van der Waals surface area contributed by atoms with Crippen LogP contribution in [-0.2, 0) is 0 Å². The molecule has 0 atom stereocenters. The van der Waals surface area contributed by atoms with Gasteiger partial charge in [-0.2, -0.15) is 0 Å². The second kappa shape index (κ2) is 7.35. The van der Waals surface area contributed by atoms with Gasteiger partial charge in [0.2, 0.25) is 0 Å². The van der Waals surface area contributed by atoms with E-state index in [9.17, 15) is 9.59 Å². The molecule has 0 unspecified atom stereocenters. The molecule has 0 aromatic carbocycles. The van der Waals surface area contributed by atoms with E-state index in [0.717, 1.165) is 32.7 Å². The number of likely N-dealkylation sites (N-methyl/N-ethyl adjacent to an activating group) is 1. The second-order valence-electron chi connectivity index (χ2n) is 5.78. The molecule has 0 radical (unpaired) electrons. The summed E-state index contributed by atoms with van der Waals surface area (Å²) in [4.78, 5) is 32.7. The van der Waals surface area contributed by atoms with Crippen molar-refractivity contribution in [2.45, 2.75) is 26.8 Å². The molecule has 2 rings (SSSR count). The molecule has 22 heavy (non-hydrogen) atoms. The molecule has 6 nitrogen and oxygen atoms in total. The first kappa shape index (κ1) is 16.4. The maximum Gasteiger partial charge on any atom is 0.270 e. The van der Waals surface area contributed by atoms with Gasteiger partial charge in [-0.05, 0) is 32.5 Å². The predicted octanol–water partition coefficient (Wildman–Crippen LogP) is 0.997. The number of hydrogen-bond donors (Lipinski definition) is 1. The molecule has 0 spiro atoms. The number of pyridine rings is 1. The minimum Gasteiger partial charge on any atom is -0.349 e. The van der Waals surface area contributed by atoms with E-state index in [1.54, 1.807) is 12.1 Å². The summed E-state index contributed by atoms with van der Waals surface area (Å²) in [6.45, 7) is 10.2. The first-order valence-corrected chi connectivity index (χ1v) is 7.79. The van der Waals surface area contributed by atoms with Crippen molar-refractivity contribution >= 4 is 11.8 Å². The van der Waals surface area contributed by atoms with E-state index in [0.29, 0.717) is 5.56 Å². The van der Waals surface area contributed by atoms with Gasteiger partial charge in [0.1, 0.15) is 5.69 Å². The summed E-state index contributed by atoms with van der Waals surface area (Å²) in [6, 6.07) is 3.28. The molecule has 1 aliphatic rings. The highest BCUT2D eigenvalue weighted by atomic mass is 16.2. The van der Waals surface area contributed by atoms with E-state index < -0.39 is 0 Å². The molecule has 2 heterocycles. The quantitative estimate of drug-likeness (QED) is 0.901. The lowest BCUT2D eigenvalue weighted by molar-refractivity contribution is 0.0643. The Kier molecular flexibility index (Phi) is 5.49. The summed E-state index contributed by atoms with van der Waals surface area (Å²) in [6.07, 6.45) is 1.52. The Morgan fingerprint density at radius 1 is 1.27 bits per heavy atom. The predicted molar refractivity (Wildman–Crippen MR) is 84.9 cm³/mol. The van der Waals surface area contributed by atoms with E-state index in [4.69, 9.17) is 0 Å². The van der Waals surface area contributed by atoms with Gasteiger partial charge in [0.15, 0.2) is 0 Å². The summed E-state index contributed by atoms with van der Waals surface area (Å²) in [5, 5.41) is 2.79. The summed E-state index contributed by atoms with van der Waals surface area (Å²) in [5.41, 5.74) is 0.806. The lowest BCUT2D eigenvalue weighted by Gasteiger charge is -2.34. The third-order valence-electron chi connectivity index (χ3n) is 3.77. The fourth-order valence-electron chi connectivity index (χ4n) is 2.47. The third-order valence-corrected chi connectivity index (χ3v) is 3.77.